The van der Waals surface area contributed by atoms with Crippen LogP contribution >= 0.6 is 0 Å². The van der Waals surface area contributed by atoms with Crippen molar-refractivity contribution in [2.24, 2.45) is 0 Å². The van der Waals surface area contributed by atoms with E-state index in [1.54, 1.807) is 0 Å². The number of carbonyl (C=O) groups is 2. The highest BCUT2D eigenvalue weighted by Crippen LogP contribution is 2.28. The van der Waals surface area contributed by atoms with E-state index >= 15 is 0 Å². The van der Waals surface area contributed by atoms with Gasteiger partial charge in [0.2, 0.25) is 5.91 Å². The minimum Gasteiger partial charge on any atom is -0.444 e. The minimum absolute atomic E-state index is 0.155. The third kappa shape index (κ3) is 4.31. The fourth-order valence-electron chi connectivity index (χ4n) is 3.67. The van der Waals surface area contributed by atoms with Crippen LogP contribution in [0.1, 0.15) is 40.0 Å². The maximum absolute atomic E-state index is 12.7. The molecular formula is C19H30N4O3. The van der Waals surface area contributed by atoms with Gasteiger partial charge in [-0.3, -0.25) is 4.79 Å². The van der Waals surface area contributed by atoms with Crippen LogP contribution in [0.2, 0.25) is 0 Å². The number of rotatable bonds is 6. The van der Waals surface area contributed by atoms with Crippen LogP contribution in [0.15, 0.2) is 24.0 Å². The minimum atomic E-state index is -0.468. The Kier molecular flexibility index (Phi) is 5.44. The number of hydrogen-bond acceptors (Lipinski definition) is 5. The van der Waals surface area contributed by atoms with Crippen molar-refractivity contribution in [2.45, 2.75) is 57.7 Å². The molecule has 0 radical (unpaired) electrons. The monoisotopic (exact) mass is 362 g/mol. The molecule has 0 spiro atoms. The van der Waals surface area contributed by atoms with E-state index in [2.05, 4.69) is 15.5 Å². The molecule has 0 bridgehead atoms. The Morgan fingerprint density at radius 3 is 2.92 bits per heavy atom. The van der Waals surface area contributed by atoms with Crippen molar-refractivity contribution in [1.29, 1.82) is 0 Å². The normalized spacial score (nSPS) is 24.1. The fourth-order valence-corrected chi connectivity index (χ4v) is 3.67. The molecule has 2 unspecified atom stereocenters. The first-order valence-electron chi connectivity index (χ1n) is 9.51. The number of ether oxygens (including phenoxy) is 1. The molecule has 0 aliphatic carbocycles. The summed E-state index contributed by atoms with van der Waals surface area (Å²) < 4.78 is 5.21. The third-order valence-corrected chi connectivity index (χ3v) is 4.81. The van der Waals surface area contributed by atoms with Gasteiger partial charge in [-0.25, -0.2) is 4.79 Å². The first-order valence-corrected chi connectivity index (χ1v) is 9.51. The van der Waals surface area contributed by atoms with Crippen LogP contribution in [0.3, 0.4) is 0 Å². The smallest absolute Gasteiger partial charge is 0.407 e. The number of nitrogens with zero attached hydrogens (tertiary/aromatic N) is 2. The molecule has 2 amide bonds. The van der Waals surface area contributed by atoms with Crippen molar-refractivity contribution in [3.8, 4) is 0 Å². The lowest BCUT2D eigenvalue weighted by atomic mass is 10.0. The number of allylic oxidation sites excluding steroid dienone is 2. The Labute approximate surface area is 155 Å². The molecule has 2 fully saturated rings. The van der Waals surface area contributed by atoms with E-state index < -0.39 is 5.60 Å². The molecule has 3 aliphatic rings. The van der Waals surface area contributed by atoms with Crippen molar-refractivity contribution in [3.05, 3.63) is 24.0 Å². The van der Waals surface area contributed by atoms with E-state index in [0.717, 1.165) is 44.7 Å². The number of nitrogens with one attached hydrogen (secondary N) is 2. The van der Waals surface area contributed by atoms with Gasteiger partial charge in [-0.1, -0.05) is 12.2 Å². The first kappa shape index (κ1) is 18.6. The zero-order chi connectivity index (χ0) is 18.7. The lowest BCUT2D eigenvalue weighted by Gasteiger charge is -2.43. The Hall–Kier alpha value is -2.18. The standard InChI is InChI=1S/C19H30N4O3/c1-19(2,3)26-18(25)20-10-5-4-6-11-22-13-14-12-21-16-9-7-8-15(17(22)24)23(14)16/h7-9,14-15,21H,4-6,10-13H2,1-3H3,(H,20,25). The Morgan fingerprint density at radius 1 is 1.35 bits per heavy atom. The van der Waals surface area contributed by atoms with Crippen LogP contribution in [0.5, 0.6) is 0 Å². The fraction of sp³-hybridized carbons (Fsp3) is 0.684. The van der Waals surface area contributed by atoms with E-state index in [9.17, 15) is 9.59 Å². The first-order chi connectivity index (χ1) is 12.3. The zero-order valence-corrected chi connectivity index (χ0v) is 16.0. The second-order valence-corrected chi connectivity index (χ2v) is 8.10. The largest absolute Gasteiger partial charge is 0.444 e. The van der Waals surface area contributed by atoms with Crippen molar-refractivity contribution in [3.63, 3.8) is 0 Å². The average Bonchev–Trinajstić information content (AvgIpc) is 2.97. The average molecular weight is 362 g/mol. The van der Waals surface area contributed by atoms with Gasteiger partial charge in [0.15, 0.2) is 0 Å². The third-order valence-electron chi connectivity index (χ3n) is 4.81. The summed E-state index contributed by atoms with van der Waals surface area (Å²) in [5, 5.41) is 6.16. The zero-order valence-electron chi connectivity index (χ0n) is 16.0. The molecule has 26 heavy (non-hydrogen) atoms. The highest BCUT2D eigenvalue weighted by Gasteiger charge is 2.43. The van der Waals surface area contributed by atoms with Crippen molar-refractivity contribution < 1.29 is 14.3 Å². The molecule has 3 rings (SSSR count). The Bertz CT molecular complexity index is 608. The van der Waals surface area contributed by atoms with Gasteiger partial charge < -0.3 is 25.2 Å². The maximum Gasteiger partial charge on any atom is 0.407 e. The quantitative estimate of drug-likeness (QED) is 0.702. The van der Waals surface area contributed by atoms with Gasteiger partial charge >= 0.3 is 6.09 Å². The van der Waals surface area contributed by atoms with Crippen molar-refractivity contribution in [1.82, 2.24) is 20.4 Å². The van der Waals surface area contributed by atoms with Gasteiger partial charge in [0.05, 0.1) is 6.04 Å². The van der Waals surface area contributed by atoms with Crippen molar-refractivity contribution >= 4 is 12.0 Å². The molecule has 7 heteroatoms. The van der Waals surface area contributed by atoms with Gasteiger partial charge in [0.1, 0.15) is 17.5 Å². The van der Waals surface area contributed by atoms with Crippen LogP contribution in [-0.2, 0) is 9.53 Å². The number of carbonyl (C=O) groups excluding carboxylic acids is 2. The summed E-state index contributed by atoms with van der Waals surface area (Å²) in [6.45, 7) is 8.61. The van der Waals surface area contributed by atoms with Crippen LogP contribution in [0, 0.1) is 0 Å². The number of alkyl carbamates (subject to hydrolysis) is 1. The topological polar surface area (TPSA) is 73.9 Å². The second kappa shape index (κ2) is 7.60. The van der Waals surface area contributed by atoms with Gasteiger partial charge in [0.25, 0.3) is 0 Å². The summed E-state index contributed by atoms with van der Waals surface area (Å²) in [5.41, 5.74) is -0.468. The number of hydrogen-bond donors (Lipinski definition) is 2. The molecular weight excluding hydrogens is 332 g/mol. The molecule has 0 aromatic rings. The van der Waals surface area contributed by atoms with E-state index in [1.807, 2.05) is 43.9 Å². The number of unbranched alkanes of at least 4 members (excludes halogenated alkanes) is 2. The molecule has 0 aromatic carbocycles. The molecule has 2 atom stereocenters. The van der Waals surface area contributed by atoms with E-state index in [-0.39, 0.29) is 18.0 Å². The summed E-state index contributed by atoms with van der Waals surface area (Å²) in [7, 11) is 0. The summed E-state index contributed by atoms with van der Waals surface area (Å²) in [5.74, 6) is 1.27. The van der Waals surface area contributed by atoms with Crippen molar-refractivity contribution in [2.75, 3.05) is 26.2 Å². The summed E-state index contributed by atoms with van der Waals surface area (Å²) in [4.78, 5) is 28.5. The van der Waals surface area contributed by atoms with Gasteiger partial charge in [-0.2, -0.15) is 0 Å². The van der Waals surface area contributed by atoms with Gasteiger partial charge in [-0.15, -0.1) is 0 Å². The highest BCUT2D eigenvalue weighted by molar-refractivity contribution is 5.85. The Morgan fingerprint density at radius 2 is 2.15 bits per heavy atom. The lowest BCUT2D eigenvalue weighted by Crippen LogP contribution is -2.59. The summed E-state index contributed by atoms with van der Waals surface area (Å²) in [6.07, 6.45) is 8.42. The molecule has 2 N–H and O–H groups in total. The molecule has 7 nitrogen and oxygen atoms in total. The molecule has 144 valence electrons. The second-order valence-electron chi connectivity index (χ2n) is 8.10. The SMILES string of the molecule is CC(C)(C)OC(=O)NCCCCCN1CC2CNC3=CC=CC(C1=O)N32. The lowest BCUT2D eigenvalue weighted by molar-refractivity contribution is -0.140. The maximum atomic E-state index is 12.7. The van der Waals surface area contributed by atoms with Crippen LogP contribution in [0.25, 0.3) is 0 Å². The van der Waals surface area contributed by atoms with Gasteiger partial charge in [0, 0.05) is 26.2 Å². The molecule has 0 saturated carbocycles. The van der Waals surface area contributed by atoms with Crippen LogP contribution < -0.4 is 10.6 Å². The number of amides is 2. The van der Waals surface area contributed by atoms with E-state index in [1.165, 1.54) is 0 Å². The summed E-state index contributed by atoms with van der Waals surface area (Å²) >= 11 is 0. The highest BCUT2D eigenvalue weighted by atomic mass is 16.6. The van der Waals surface area contributed by atoms with E-state index in [4.69, 9.17) is 4.74 Å². The molecule has 3 heterocycles. The van der Waals surface area contributed by atoms with Crippen LogP contribution in [0.4, 0.5) is 4.79 Å². The predicted molar refractivity (Wildman–Crippen MR) is 99.3 cm³/mol. The van der Waals surface area contributed by atoms with Gasteiger partial charge in [-0.05, 0) is 46.1 Å². The Balaban J connectivity index is 1.36. The molecule has 2 saturated heterocycles. The van der Waals surface area contributed by atoms with E-state index in [0.29, 0.717) is 12.6 Å². The molecule has 3 aliphatic heterocycles. The van der Waals surface area contributed by atoms with Crippen LogP contribution in [-0.4, -0.2) is 65.7 Å². The summed E-state index contributed by atoms with van der Waals surface area (Å²) in [6, 6.07) is 0.209. The molecule has 0 aromatic heterocycles. The number of piperazine rings is 1. The predicted octanol–water partition coefficient (Wildman–Crippen LogP) is 1.58.